The van der Waals surface area contributed by atoms with Crippen LogP contribution in [0.2, 0.25) is 0 Å². The van der Waals surface area contributed by atoms with Crippen LogP contribution in [0.25, 0.3) is 22.1 Å². The minimum Gasteiger partial charge on any atom is -0.508 e. The summed E-state index contributed by atoms with van der Waals surface area (Å²) in [7, 11) is 0. The number of fused-ring (bicyclic) bond motifs is 2. The van der Waals surface area contributed by atoms with Crippen molar-refractivity contribution >= 4 is 22.8 Å². The van der Waals surface area contributed by atoms with E-state index in [2.05, 4.69) is 4.98 Å². The second-order valence-corrected chi connectivity index (χ2v) is 10.6. The first-order chi connectivity index (χ1) is 20.0. The first-order valence-electron chi connectivity index (χ1n) is 13.5. The van der Waals surface area contributed by atoms with Gasteiger partial charge in [-0.15, -0.1) is 0 Å². The van der Waals surface area contributed by atoms with Crippen LogP contribution in [-0.4, -0.2) is 38.0 Å². The SMILES string of the molecule is CC=C(C)C(=O)OC1Cc2c(c(-c3cccc(O)c3)c3oc(CO)cc(=O)c3c2O)OC1(C)CCc1ccc(N)nc1. The first kappa shape index (κ1) is 28.7. The predicted octanol–water partition coefficient (Wildman–Crippen LogP) is 4.55. The fourth-order valence-corrected chi connectivity index (χ4v) is 5.15. The van der Waals surface area contributed by atoms with Gasteiger partial charge in [0.15, 0.2) is 11.0 Å². The van der Waals surface area contributed by atoms with Crippen LogP contribution in [0.15, 0.2) is 69.5 Å². The Bertz CT molecular complexity index is 1760. The van der Waals surface area contributed by atoms with Crippen molar-refractivity contribution in [2.24, 2.45) is 0 Å². The molecule has 5 N–H and O–H groups in total. The van der Waals surface area contributed by atoms with Crippen LogP contribution in [0.1, 0.15) is 44.1 Å². The fraction of sp³-hybridized carbons (Fsp3) is 0.281. The van der Waals surface area contributed by atoms with E-state index in [0.29, 0.717) is 35.4 Å². The van der Waals surface area contributed by atoms with Gasteiger partial charge >= 0.3 is 5.97 Å². The summed E-state index contributed by atoms with van der Waals surface area (Å²) in [4.78, 5) is 30.3. The maximum atomic E-state index is 13.2. The summed E-state index contributed by atoms with van der Waals surface area (Å²) in [6.07, 6.45) is 3.38. The maximum Gasteiger partial charge on any atom is 0.333 e. The van der Waals surface area contributed by atoms with Crippen LogP contribution in [-0.2, 0) is 29.0 Å². The molecule has 0 fully saturated rings. The number of rotatable bonds is 7. The summed E-state index contributed by atoms with van der Waals surface area (Å²) in [5.74, 6) is -0.325. The zero-order chi connectivity index (χ0) is 30.2. The van der Waals surface area contributed by atoms with Crippen molar-refractivity contribution < 1.29 is 34.0 Å². The molecule has 0 radical (unpaired) electrons. The molecule has 1 aliphatic heterocycles. The molecule has 42 heavy (non-hydrogen) atoms. The third-order valence-electron chi connectivity index (χ3n) is 7.71. The largest absolute Gasteiger partial charge is 0.508 e. The highest BCUT2D eigenvalue weighted by Crippen LogP contribution is 2.51. The number of benzene rings is 2. The monoisotopic (exact) mass is 572 g/mol. The number of phenolic OH excluding ortho intramolecular Hbond substituents is 2. The number of nitrogen functional groups attached to an aromatic ring is 1. The number of nitrogens with zero attached hydrogens (tertiary/aromatic N) is 1. The van der Waals surface area contributed by atoms with Crippen molar-refractivity contribution in [3.05, 3.63) is 87.4 Å². The second-order valence-electron chi connectivity index (χ2n) is 10.6. The molecule has 218 valence electrons. The summed E-state index contributed by atoms with van der Waals surface area (Å²) in [5.41, 5.74) is 6.40. The molecule has 4 aromatic rings. The molecular weight excluding hydrogens is 540 g/mol. The summed E-state index contributed by atoms with van der Waals surface area (Å²) < 4.78 is 18.6. The molecular formula is C32H32N2O8. The summed E-state index contributed by atoms with van der Waals surface area (Å²) in [6, 6.07) is 11.0. The molecule has 5 rings (SSSR count). The van der Waals surface area contributed by atoms with E-state index in [1.807, 2.05) is 13.0 Å². The Kier molecular flexibility index (Phi) is 7.66. The number of hydrogen-bond donors (Lipinski definition) is 4. The van der Waals surface area contributed by atoms with Gasteiger partial charge in [0.05, 0.1) is 5.56 Å². The average molecular weight is 573 g/mol. The lowest BCUT2D eigenvalue weighted by molar-refractivity contribution is -0.158. The van der Waals surface area contributed by atoms with Gasteiger partial charge in [-0.2, -0.15) is 0 Å². The highest BCUT2D eigenvalue weighted by molar-refractivity contribution is 6.01. The Balaban J connectivity index is 1.73. The van der Waals surface area contributed by atoms with E-state index in [-0.39, 0.29) is 46.0 Å². The number of aliphatic hydroxyl groups excluding tert-OH is 1. The number of phenols is 2. The van der Waals surface area contributed by atoms with Crippen LogP contribution >= 0.6 is 0 Å². The number of ether oxygens (including phenoxy) is 2. The number of hydrogen-bond acceptors (Lipinski definition) is 10. The van der Waals surface area contributed by atoms with E-state index < -0.39 is 29.7 Å². The Hall–Kier alpha value is -4.83. The molecule has 10 nitrogen and oxygen atoms in total. The molecule has 10 heteroatoms. The minimum absolute atomic E-state index is 0.00121. The Labute approximate surface area is 241 Å². The van der Waals surface area contributed by atoms with Crippen molar-refractivity contribution in [1.82, 2.24) is 4.98 Å². The number of aliphatic hydroxyl groups is 1. The average Bonchev–Trinajstić information content (AvgIpc) is 2.97. The molecule has 2 atom stereocenters. The highest BCUT2D eigenvalue weighted by atomic mass is 16.6. The van der Waals surface area contributed by atoms with E-state index in [0.717, 1.165) is 11.6 Å². The van der Waals surface area contributed by atoms with Crippen molar-refractivity contribution in [2.45, 2.75) is 58.3 Å². The summed E-state index contributed by atoms with van der Waals surface area (Å²) in [6.45, 7) is 4.65. The number of carbonyl (C=O) groups is 1. The molecule has 0 aliphatic carbocycles. The lowest BCUT2D eigenvalue weighted by atomic mass is 9.82. The van der Waals surface area contributed by atoms with Gasteiger partial charge in [-0.1, -0.05) is 24.3 Å². The first-order valence-corrected chi connectivity index (χ1v) is 13.5. The van der Waals surface area contributed by atoms with E-state index in [4.69, 9.17) is 19.6 Å². The number of carbonyl (C=O) groups excluding carboxylic acids is 1. The number of aromatic nitrogens is 1. The smallest absolute Gasteiger partial charge is 0.333 e. The van der Waals surface area contributed by atoms with Crippen molar-refractivity contribution in [2.75, 3.05) is 5.73 Å². The van der Waals surface area contributed by atoms with Gasteiger partial charge in [-0.05, 0) is 62.9 Å². The van der Waals surface area contributed by atoms with Crippen LogP contribution in [0.5, 0.6) is 17.2 Å². The Morgan fingerprint density at radius 2 is 2.02 bits per heavy atom. The normalized spacial score (nSPS) is 18.4. The topological polar surface area (TPSA) is 165 Å². The molecule has 0 amide bonds. The van der Waals surface area contributed by atoms with Crippen molar-refractivity contribution in [3.8, 4) is 28.4 Å². The van der Waals surface area contributed by atoms with Crippen LogP contribution in [0, 0.1) is 0 Å². The van der Waals surface area contributed by atoms with Gasteiger partial charge in [-0.25, -0.2) is 9.78 Å². The van der Waals surface area contributed by atoms with Gasteiger partial charge in [0.25, 0.3) is 0 Å². The molecule has 0 saturated heterocycles. The van der Waals surface area contributed by atoms with Crippen LogP contribution in [0.4, 0.5) is 5.82 Å². The van der Waals surface area contributed by atoms with Gasteiger partial charge in [0.1, 0.15) is 52.5 Å². The number of allylic oxidation sites excluding steroid dienone is 1. The Morgan fingerprint density at radius 1 is 1.24 bits per heavy atom. The number of aryl methyl sites for hydroxylation is 1. The highest BCUT2D eigenvalue weighted by Gasteiger charge is 2.46. The quantitative estimate of drug-likeness (QED) is 0.182. The third kappa shape index (κ3) is 5.28. The fourth-order valence-electron chi connectivity index (χ4n) is 5.15. The number of pyridine rings is 1. The van der Waals surface area contributed by atoms with E-state index >= 15 is 0 Å². The molecule has 3 heterocycles. The molecule has 2 unspecified atom stereocenters. The predicted molar refractivity (Wildman–Crippen MR) is 156 cm³/mol. The molecule has 0 bridgehead atoms. The van der Waals surface area contributed by atoms with Crippen LogP contribution < -0.4 is 15.9 Å². The standard InChI is InChI=1S/C32H32N2O8/c1-4-17(2)31(39)41-24-14-22-28(38)27-23(37)13-21(16-35)40-30(27)26(19-6-5-7-20(36)12-19)29(22)42-32(24,3)11-10-18-8-9-25(33)34-15-18/h4-9,12-13,15,24,35-36,38H,10-11,14,16H2,1-3H3,(H2,33,34). The zero-order valence-electron chi connectivity index (χ0n) is 23.5. The van der Waals surface area contributed by atoms with Gasteiger partial charge < -0.3 is 34.9 Å². The molecule has 2 aromatic carbocycles. The van der Waals surface area contributed by atoms with Gasteiger partial charge in [0.2, 0.25) is 0 Å². The molecule has 0 spiro atoms. The van der Waals surface area contributed by atoms with E-state index in [9.17, 15) is 24.9 Å². The Morgan fingerprint density at radius 3 is 2.69 bits per heavy atom. The number of nitrogens with two attached hydrogens (primary N) is 1. The summed E-state index contributed by atoms with van der Waals surface area (Å²) >= 11 is 0. The van der Waals surface area contributed by atoms with Gasteiger partial charge in [0, 0.05) is 29.8 Å². The van der Waals surface area contributed by atoms with Crippen LogP contribution in [0.3, 0.4) is 0 Å². The number of esters is 1. The lowest BCUT2D eigenvalue weighted by Crippen LogP contribution is -2.51. The summed E-state index contributed by atoms with van der Waals surface area (Å²) in [5, 5.41) is 31.4. The van der Waals surface area contributed by atoms with E-state index in [1.165, 1.54) is 12.1 Å². The van der Waals surface area contributed by atoms with E-state index in [1.54, 1.807) is 44.3 Å². The number of aromatic hydroxyl groups is 2. The third-order valence-corrected chi connectivity index (χ3v) is 7.71. The maximum absolute atomic E-state index is 13.2. The van der Waals surface area contributed by atoms with Crippen molar-refractivity contribution in [1.29, 1.82) is 0 Å². The minimum atomic E-state index is -1.11. The second kappa shape index (κ2) is 11.2. The zero-order valence-corrected chi connectivity index (χ0v) is 23.5. The van der Waals surface area contributed by atoms with Gasteiger partial charge in [-0.3, -0.25) is 4.79 Å². The molecule has 2 aromatic heterocycles. The van der Waals surface area contributed by atoms with Crippen molar-refractivity contribution in [3.63, 3.8) is 0 Å². The molecule has 1 aliphatic rings. The lowest BCUT2D eigenvalue weighted by Gasteiger charge is -2.43. The molecule has 0 saturated carbocycles. The number of anilines is 1.